The first-order valence-corrected chi connectivity index (χ1v) is 7.19. The molecule has 0 spiro atoms. The van der Waals surface area contributed by atoms with Crippen molar-refractivity contribution in [3.8, 4) is 16.9 Å². The predicted molar refractivity (Wildman–Crippen MR) is 89.9 cm³/mol. The van der Waals surface area contributed by atoms with Gasteiger partial charge in [-0.1, -0.05) is 18.2 Å². The van der Waals surface area contributed by atoms with E-state index in [0.717, 1.165) is 32.8 Å². The van der Waals surface area contributed by atoms with Crippen LogP contribution < -0.4 is 0 Å². The zero-order valence-corrected chi connectivity index (χ0v) is 12.1. The lowest BCUT2D eigenvalue weighted by molar-refractivity contribution is 0.0697. The summed E-state index contributed by atoms with van der Waals surface area (Å²) in [5.41, 5.74) is 3.12. The van der Waals surface area contributed by atoms with Crippen LogP contribution in [0.15, 0.2) is 60.8 Å². The number of benzene rings is 3. The Balaban J connectivity index is 1.92. The van der Waals surface area contributed by atoms with E-state index in [9.17, 15) is 15.0 Å². The Bertz CT molecular complexity index is 1060. The molecule has 0 radical (unpaired) electrons. The Morgan fingerprint density at radius 2 is 1.70 bits per heavy atom. The van der Waals surface area contributed by atoms with Crippen molar-refractivity contribution in [1.29, 1.82) is 0 Å². The Morgan fingerprint density at radius 3 is 2.52 bits per heavy atom. The van der Waals surface area contributed by atoms with Gasteiger partial charge >= 0.3 is 5.97 Å². The first-order valence-electron chi connectivity index (χ1n) is 7.19. The summed E-state index contributed by atoms with van der Waals surface area (Å²) in [6, 6.07) is 16.2. The fraction of sp³-hybridized carbons (Fsp3) is 0. The molecule has 3 aromatic carbocycles. The van der Waals surface area contributed by atoms with Gasteiger partial charge < -0.3 is 15.2 Å². The van der Waals surface area contributed by atoms with Crippen LogP contribution in [0.4, 0.5) is 0 Å². The first-order chi connectivity index (χ1) is 11.1. The lowest BCUT2D eigenvalue weighted by Crippen LogP contribution is -1.94. The molecule has 0 amide bonds. The highest BCUT2D eigenvalue weighted by Crippen LogP contribution is 2.32. The van der Waals surface area contributed by atoms with Crippen LogP contribution in [0.3, 0.4) is 0 Å². The molecule has 1 aromatic heterocycles. The van der Waals surface area contributed by atoms with Gasteiger partial charge in [-0.25, -0.2) is 4.79 Å². The second-order valence-electron chi connectivity index (χ2n) is 5.51. The van der Waals surface area contributed by atoms with Gasteiger partial charge in [0.15, 0.2) is 0 Å². The molecule has 0 saturated carbocycles. The van der Waals surface area contributed by atoms with Gasteiger partial charge in [0, 0.05) is 22.7 Å². The largest absolute Gasteiger partial charge is 0.508 e. The molecule has 1 heterocycles. The molecule has 0 atom stereocenters. The van der Waals surface area contributed by atoms with Crippen LogP contribution in [0.1, 0.15) is 10.4 Å². The van der Waals surface area contributed by atoms with Gasteiger partial charge in [-0.3, -0.25) is 0 Å². The SMILES string of the molecule is O=C(O)c1ccc2[nH]cc(-c3ccc4cc(O)ccc4c3)c2c1. The number of aromatic hydroxyl groups is 1. The number of H-pyrrole nitrogens is 1. The average molecular weight is 303 g/mol. The molecule has 4 aromatic rings. The number of aromatic amines is 1. The minimum absolute atomic E-state index is 0.239. The lowest BCUT2D eigenvalue weighted by Gasteiger charge is -2.04. The number of hydrogen-bond acceptors (Lipinski definition) is 2. The smallest absolute Gasteiger partial charge is 0.335 e. The summed E-state index contributed by atoms with van der Waals surface area (Å²) in [5.74, 6) is -0.698. The topological polar surface area (TPSA) is 73.3 Å². The van der Waals surface area contributed by atoms with E-state index in [1.54, 1.807) is 30.3 Å². The molecule has 4 nitrogen and oxygen atoms in total. The molecule has 23 heavy (non-hydrogen) atoms. The third kappa shape index (κ3) is 2.21. The van der Waals surface area contributed by atoms with E-state index >= 15 is 0 Å². The number of hydrogen-bond donors (Lipinski definition) is 3. The van der Waals surface area contributed by atoms with Crippen LogP contribution in [0.25, 0.3) is 32.8 Å². The molecule has 0 unspecified atom stereocenters. The normalized spacial score (nSPS) is 11.1. The molecule has 0 aliphatic rings. The molecule has 4 rings (SSSR count). The zero-order valence-electron chi connectivity index (χ0n) is 12.1. The van der Waals surface area contributed by atoms with Gasteiger partial charge in [0.2, 0.25) is 0 Å². The number of aromatic carboxylic acids is 1. The standard InChI is InChI=1S/C19H13NO3/c21-15-5-3-11-7-13(2-1-12(11)8-15)17-10-20-18-6-4-14(19(22)23)9-16(17)18/h1-10,20-21H,(H,22,23). The molecule has 0 aliphatic carbocycles. The van der Waals surface area contributed by atoms with Crippen molar-refractivity contribution >= 4 is 27.6 Å². The van der Waals surface area contributed by atoms with Gasteiger partial charge in [-0.2, -0.15) is 0 Å². The van der Waals surface area contributed by atoms with Crippen LogP contribution in [0, 0.1) is 0 Å². The van der Waals surface area contributed by atoms with E-state index in [2.05, 4.69) is 4.98 Å². The number of nitrogens with one attached hydrogen (secondary N) is 1. The summed E-state index contributed by atoms with van der Waals surface area (Å²) in [5, 5.41) is 21.6. The summed E-state index contributed by atoms with van der Waals surface area (Å²) in [7, 11) is 0. The Hall–Kier alpha value is -3.27. The quantitative estimate of drug-likeness (QED) is 0.514. The van der Waals surface area contributed by atoms with Crippen LogP contribution in [0.2, 0.25) is 0 Å². The zero-order chi connectivity index (χ0) is 16.0. The monoisotopic (exact) mass is 303 g/mol. The van der Waals surface area contributed by atoms with Gasteiger partial charge in [-0.15, -0.1) is 0 Å². The second kappa shape index (κ2) is 4.88. The van der Waals surface area contributed by atoms with Crippen molar-refractivity contribution < 1.29 is 15.0 Å². The van der Waals surface area contributed by atoms with E-state index in [-0.39, 0.29) is 11.3 Å². The fourth-order valence-corrected chi connectivity index (χ4v) is 2.89. The molecule has 4 heteroatoms. The highest BCUT2D eigenvalue weighted by molar-refractivity contribution is 6.01. The highest BCUT2D eigenvalue weighted by Gasteiger charge is 2.10. The van der Waals surface area contributed by atoms with Gasteiger partial charge in [0.1, 0.15) is 5.75 Å². The maximum atomic E-state index is 11.2. The van der Waals surface area contributed by atoms with E-state index in [0.29, 0.717) is 0 Å². The van der Waals surface area contributed by atoms with Crippen molar-refractivity contribution in [1.82, 2.24) is 4.98 Å². The number of fused-ring (bicyclic) bond motifs is 2. The molecule has 0 saturated heterocycles. The van der Waals surface area contributed by atoms with Crippen molar-refractivity contribution in [2.75, 3.05) is 0 Å². The van der Waals surface area contributed by atoms with Crippen LogP contribution in [-0.4, -0.2) is 21.2 Å². The summed E-state index contributed by atoms with van der Waals surface area (Å²) in [6.07, 6.45) is 1.89. The van der Waals surface area contributed by atoms with Crippen molar-refractivity contribution in [3.63, 3.8) is 0 Å². The van der Waals surface area contributed by atoms with E-state index in [1.165, 1.54) is 0 Å². The molecule has 0 bridgehead atoms. The second-order valence-corrected chi connectivity index (χ2v) is 5.51. The highest BCUT2D eigenvalue weighted by atomic mass is 16.4. The number of aromatic nitrogens is 1. The van der Waals surface area contributed by atoms with E-state index in [1.807, 2.05) is 30.5 Å². The molecule has 112 valence electrons. The lowest BCUT2D eigenvalue weighted by atomic mass is 10.00. The fourth-order valence-electron chi connectivity index (χ4n) is 2.89. The summed E-state index contributed by atoms with van der Waals surface area (Å²) >= 11 is 0. The van der Waals surface area contributed by atoms with Gasteiger partial charge in [-0.05, 0) is 52.7 Å². The predicted octanol–water partition coefficient (Wildman–Crippen LogP) is 4.39. The molecular weight excluding hydrogens is 290 g/mol. The molecule has 0 fully saturated rings. The number of rotatable bonds is 2. The number of phenols is 1. The summed E-state index contributed by atoms with van der Waals surface area (Å²) in [6.45, 7) is 0. The van der Waals surface area contributed by atoms with Gasteiger partial charge in [0.25, 0.3) is 0 Å². The summed E-state index contributed by atoms with van der Waals surface area (Å²) in [4.78, 5) is 14.4. The average Bonchev–Trinajstić information content (AvgIpc) is 2.97. The minimum atomic E-state index is -0.937. The van der Waals surface area contributed by atoms with Crippen LogP contribution in [-0.2, 0) is 0 Å². The minimum Gasteiger partial charge on any atom is -0.508 e. The number of carboxylic acids is 1. The summed E-state index contributed by atoms with van der Waals surface area (Å²) < 4.78 is 0. The Labute approximate surface area is 131 Å². The van der Waals surface area contributed by atoms with Crippen molar-refractivity contribution in [2.45, 2.75) is 0 Å². The molecule has 3 N–H and O–H groups in total. The number of carbonyl (C=O) groups is 1. The first kappa shape index (κ1) is 13.4. The van der Waals surface area contributed by atoms with Gasteiger partial charge in [0.05, 0.1) is 5.56 Å². The third-order valence-corrected chi connectivity index (χ3v) is 4.06. The third-order valence-electron chi connectivity index (χ3n) is 4.06. The van der Waals surface area contributed by atoms with E-state index in [4.69, 9.17) is 0 Å². The Morgan fingerprint density at radius 1 is 0.913 bits per heavy atom. The van der Waals surface area contributed by atoms with Crippen LogP contribution >= 0.6 is 0 Å². The van der Waals surface area contributed by atoms with E-state index < -0.39 is 5.97 Å². The molecule has 0 aliphatic heterocycles. The molecular formula is C19H13NO3. The Kier molecular flexibility index (Phi) is 2.84. The number of carboxylic acid groups (broad SMARTS) is 1. The maximum Gasteiger partial charge on any atom is 0.335 e. The maximum absolute atomic E-state index is 11.2. The number of phenolic OH excluding ortho intramolecular Hbond substituents is 1. The van der Waals surface area contributed by atoms with Crippen molar-refractivity contribution in [3.05, 3.63) is 66.4 Å². The van der Waals surface area contributed by atoms with Crippen LogP contribution in [0.5, 0.6) is 5.75 Å². The van der Waals surface area contributed by atoms with Crippen molar-refractivity contribution in [2.24, 2.45) is 0 Å².